The molecule has 0 N–H and O–H groups in total. The van der Waals surface area contributed by atoms with E-state index in [1.807, 2.05) is 22.9 Å². The van der Waals surface area contributed by atoms with Crippen molar-refractivity contribution in [3.05, 3.63) is 28.4 Å². The van der Waals surface area contributed by atoms with Gasteiger partial charge >= 0.3 is 5.97 Å². The van der Waals surface area contributed by atoms with Crippen LogP contribution in [-0.4, -0.2) is 52.6 Å². The van der Waals surface area contributed by atoms with E-state index in [1.165, 1.54) is 0 Å². The Balaban J connectivity index is 1.97. The van der Waals surface area contributed by atoms with Crippen molar-refractivity contribution >= 4 is 32.8 Å². The van der Waals surface area contributed by atoms with Crippen molar-refractivity contribution in [3.63, 3.8) is 0 Å². The largest absolute Gasteiger partial charge is 0.461 e. The van der Waals surface area contributed by atoms with E-state index in [-0.39, 0.29) is 12.1 Å². The van der Waals surface area contributed by atoms with Gasteiger partial charge in [0.25, 0.3) is 0 Å². The van der Waals surface area contributed by atoms with Crippen LogP contribution in [0.5, 0.6) is 0 Å². The summed E-state index contributed by atoms with van der Waals surface area (Å²) in [5, 5.41) is 5.34. The molecule has 0 amide bonds. The van der Waals surface area contributed by atoms with Crippen LogP contribution in [0, 0.1) is 0 Å². The van der Waals surface area contributed by atoms with Crippen LogP contribution in [0.1, 0.15) is 31.3 Å². The van der Waals surface area contributed by atoms with Gasteiger partial charge in [-0.25, -0.2) is 9.48 Å². The molecule has 2 heterocycles. The molecule has 2 atom stereocenters. The number of carbonyl (C=O) groups excluding carboxylic acids is 1. The number of nitrogens with zero attached hydrogens (tertiary/aromatic N) is 3. The standard InChI is InChI=1S/C17H22BrN3O3/c1-4-23-17(22)16-14-7-13(18)5-6-15(14)21(19-16)10-20-8-12(3)24-9-11(20)2/h5-7,11-12H,4,8-10H2,1-3H3. The van der Waals surface area contributed by atoms with Crippen molar-refractivity contribution in [3.8, 4) is 0 Å². The highest BCUT2D eigenvalue weighted by Crippen LogP contribution is 2.25. The highest BCUT2D eigenvalue weighted by molar-refractivity contribution is 9.10. The third-order valence-electron chi connectivity index (χ3n) is 4.23. The van der Waals surface area contributed by atoms with Crippen molar-refractivity contribution in [2.24, 2.45) is 0 Å². The highest BCUT2D eigenvalue weighted by atomic mass is 79.9. The summed E-state index contributed by atoms with van der Waals surface area (Å²) in [5.41, 5.74) is 1.29. The van der Waals surface area contributed by atoms with E-state index in [0.717, 1.165) is 21.9 Å². The maximum absolute atomic E-state index is 12.2. The van der Waals surface area contributed by atoms with Crippen LogP contribution in [0.25, 0.3) is 10.9 Å². The van der Waals surface area contributed by atoms with Crippen molar-refractivity contribution in [1.82, 2.24) is 14.7 Å². The Morgan fingerprint density at radius 3 is 3.00 bits per heavy atom. The first-order valence-corrected chi connectivity index (χ1v) is 8.97. The molecule has 1 aliphatic rings. The molecule has 2 aromatic rings. The lowest BCUT2D eigenvalue weighted by Gasteiger charge is -2.36. The normalized spacial score (nSPS) is 22.0. The fraction of sp³-hybridized carbons (Fsp3) is 0.529. The van der Waals surface area contributed by atoms with Gasteiger partial charge in [-0.15, -0.1) is 0 Å². The zero-order valence-corrected chi connectivity index (χ0v) is 15.7. The first-order chi connectivity index (χ1) is 11.5. The number of hydrogen-bond donors (Lipinski definition) is 0. The van der Waals surface area contributed by atoms with Crippen LogP contribution in [-0.2, 0) is 16.1 Å². The van der Waals surface area contributed by atoms with Crippen molar-refractivity contribution in [2.45, 2.75) is 39.6 Å². The van der Waals surface area contributed by atoms with Gasteiger partial charge < -0.3 is 9.47 Å². The van der Waals surface area contributed by atoms with Gasteiger partial charge in [-0.3, -0.25) is 4.90 Å². The van der Waals surface area contributed by atoms with Gasteiger partial charge in [0.1, 0.15) is 0 Å². The molecular formula is C17H22BrN3O3. The summed E-state index contributed by atoms with van der Waals surface area (Å²) in [6, 6.07) is 6.16. The number of fused-ring (bicyclic) bond motifs is 1. The zero-order chi connectivity index (χ0) is 17.3. The van der Waals surface area contributed by atoms with E-state index in [2.05, 4.69) is 39.8 Å². The minimum Gasteiger partial charge on any atom is -0.461 e. The van der Waals surface area contributed by atoms with E-state index in [0.29, 0.717) is 31.6 Å². The second-order valence-corrected chi connectivity index (χ2v) is 7.05. The molecule has 0 spiro atoms. The quantitative estimate of drug-likeness (QED) is 0.744. The summed E-state index contributed by atoms with van der Waals surface area (Å²) in [5.74, 6) is -0.386. The second-order valence-electron chi connectivity index (χ2n) is 6.14. The lowest BCUT2D eigenvalue weighted by atomic mass is 10.2. The van der Waals surface area contributed by atoms with Crippen molar-refractivity contribution < 1.29 is 14.3 Å². The summed E-state index contributed by atoms with van der Waals surface area (Å²) in [6.45, 7) is 8.50. The van der Waals surface area contributed by atoms with Gasteiger partial charge in [-0.1, -0.05) is 15.9 Å². The number of halogens is 1. The number of carbonyl (C=O) groups is 1. The average molecular weight is 396 g/mol. The molecule has 0 bridgehead atoms. The fourth-order valence-electron chi connectivity index (χ4n) is 2.95. The molecule has 1 aromatic heterocycles. The molecule has 0 aliphatic carbocycles. The van der Waals surface area contributed by atoms with Gasteiger partial charge in [0.05, 0.1) is 31.5 Å². The van der Waals surface area contributed by atoms with Gasteiger partial charge in [0.2, 0.25) is 0 Å². The third kappa shape index (κ3) is 3.48. The van der Waals surface area contributed by atoms with Crippen LogP contribution < -0.4 is 0 Å². The Morgan fingerprint density at radius 1 is 1.46 bits per heavy atom. The topological polar surface area (TPSA) is 56.6 Å². The summed E-state index contributed by atoms with van der Waals surface area (Å²) in [4.78, 5) is 14.6. The Kier molecular flexibility index (Phi) is 5.22. The van der Waals surface area contributed by atoms with Crippen molar-refractivity contribution in [1.29, 1.82) is 0 Å². The Morgan fingerprint density at radius 2 is 2.25 bits per heavy atom. The van der Waals surface area contributed by atoms with Gasteiger partial charge in [-0.2, -0.15) is 5.10 Å². The SMILES string of the molecule is CCOC(=O)c1nn(CN2CC(C)OCC2C)c2ccc(Br)cc12. The number of aromatic nitrogens is 2. The first kappa shape index (κ1) is 17.4. The number of benzene rings is 1. The zero-order valence-electron chi connectivity index (χ0n) is 14.2. The van der Waals surface area contributed by atoms with Crippen molar-refractivity contribution in [2.75, 3.05) is 19.8 Å². The molecule has 1 aromatic carbocycles. The van der Waals surface area contributed by atoms with Crippen LogP contribution >= 0.6 is 15.9 Å². The molecule has 130 valence electrons. The lowest BCUT2D eigenvalue weighted by molar-refractivity contribution is -0.0617. The third-order valence-corrected chi connectivity index (χ3v) is 4.73. The Labute approximate surface area is 149 Å². The number of ether oxygens (including phenoxy) is 2. The molecule has 24 heavy (non-hydrogen) atoms. The molecule has 2 unspecified atom stereocenters. The Bertz CT molecular complexity index is 746. The predicted octanol–water partition coefficient (Wildman–Crippen LogP) is 3.04. The maximum atomic E-state index is 12.2. The fourth-order valence-corrected chi connectivity index (χ4v) is 3.31. The summed E-state index contributed by atoms with van der Waals surface area (Å²) in [6.07, 6.45) is 0.196. The van der Waals surface area contributed by atoms with E-state index in [4.69, 9.17) is 9.47 Å². The average Bonchev–Trinajstić information content (AvgIpc) is 2.89. The first-order valence-electron chi connectivity index (χ1n) is 8.18. The van der Waals surface area contributed by atoms with Crippen LogP contribution in [0.4, 0.5) is 0 Å². The summed E-state index contributed by atoms with van der Waals surface area (Å²) >= 11 is 3.46. The number of esters is 1. The molecule has 1 fully saturated rings. The van der Waals surface area contributed by atoms with Crippen LogP contribution in [0.15, 0.2) is 22.7 Å². The molecule has 0 radical (unpaired) electrons. The summed E-state index contributed by atoms with van der Waals surface area (Å²) < 4.78 is 13.6. The van der Waals surface area contributed by atoms with E-state index in [1.54, 1.807) is 6.92 Å². The smallest absolute Gasteiger partial charge is 0.359 e. The molecule has 1 saturated heterocycles. The molecule has 7 heteroatoms. The van der Waals surface area contributed by atoms with E-state index in [9.17, 15) is 4.79 Å². The molecule has 1 aliphatic heterocycles. The second kappa shape index (κ2) is 7.21. The number of morpholine rings is 1. The molecule has 0 saturated carbocycles. The highest BCUT2D eigenvalue weighted by Gasteiger charge is 2.25. The predicted molar refractivity (Wildman–Crippen MR) is 95.0 cm³/mol. The van der Waals surface area contributed by atoms with Crippen LogP contribution in [0.3, 0.4) is 0 Å². The minimum atomic E-state index is -0.386. The number of rotatable bonds is 4. The van der Waals surface area contributed by atoms with Gasteiger partial charge in [-0.05, 0) is 39.0 Å². The minimum absolute atomic E-state index is 0.196. The monoisotopic (exact) mass is 395 g/mol. The lowest BCUT2D eigenvalue weighted by Crippen LogP contribution is -2.47. The Hall–Kier alpha value is -1.44. The molecule has 3 rings (SSSR count). The maximum Gasteiger partial charge on any atom is 0.359 e. The summed E-state index contributed by atoms with van der Waals surface area (Å²) in [7, 11) is 0. The van der Waals surface area contributed by atoms with Gasteiger partial charge in [0.15, 0.2) is 5.69 Å². The molecule has 6 nitrogen and oxygen atoms in total. The van der Waals surface area contributed by atoms with E-state index < -0.39 is 0 Å². The van der Waals surface area contributed by atoms with Crippen LogP contribution in [0.2, 0.25) is 0 Å². The van der Waals surface area contributed by atoms with Gasteiger partial charge in [0, 0.05) is 22.4 Å². The number of hydrogen-bond acceptors (Lipinski definition) is 5. The van der Waals surface area contributed by atoms with E-state index >= 15 is 0 Å². The molecular weight excluding hydrogens is 374 g/mol.